The van der Waals surface area contributed by atoms with Gasteiger partial charge < -0.3 is 28.4 Å². The highest BCUT2D eigenvalue weighted by molar-refractivity contribution is 5.81. The molecule has 0 N–H and O–H groups in total. The van der Waals surface area contributed by atoms with E-state index in [0.29, 0.717) is 23.0 Å². The van der Waals surface area contributed by atoms with Crippen LogP contribution in [0.2, 0.25) is 0 Å². The Hall–Kier alpha value is -3.87. The highest BCUT2D eigenvalue weighted by Crippen LogP contribution is 2.44. The van der Waals surface area contributed by atoms with Crippen LogP contribution in [0.15, 0.2) is 54.6 Å². The number of esters is 1. The zero-order valence-electron chi connectivity index (χ0n) is 21.9. The van der Waals surface area contributed by atoms with Crippen molar-refractivity contribution >= 4 is 5.97 Å². The van der Waals surface area contributed by atoms with E-state index in [-0.39, 0.29) is 12.6 Å². The van der Waals surface area contributed by atoms with Crippen molar-refractivity contribution in [2.45, 2.75) is 25.7 Å². The fourth-order valence-corrected chi connectivity index (χ4v) is 4.40. The van der Waals surface area contributed by atoms with Gasteiger partial charge in [0.1, 0.15) is 5.75 Å². The first kappa shape index (κ1) is 26.7. The summed E-state index contributed by atoms with van der Waals surface area (Å²) in [7, 11) is 7.95. The summed E-state index contributed by atoms with van der Waals surface area (Å²) in [5.74, 6) is 1.50. The Morgan fingerprint density at radius 1 is 0.639 bits per heavy atom. The van der Waals surface area contributed by atoms with Gasteiger partial charge in [-0.05, 0) is 66.4 Å². The molecule has 0 aliphatic heterocycles. The second-order valence-electron chi connectivity index (χ2n) is 8.17. The topological polar surface area (TPSA) is 72.5 Å². The normalized spacial score (nSPS) is 12.3. The first-order valence-electron chi connectivity index (χ1n) is 11.7. The number of rotatable bonds is 11. The Balaban J connectivity index is 2.31. The zero-order valence-corrected chi connectivity index (χ0v) is 21.9. The van der Waals surface area contributed by atoms with E-state index < -0.39 is 11.8 Å². The summed E-state index contributed by atoms with van der Waals surface area (Å²) in [5.41, 5.74) is 3.46. The Morgan fingerprint density at radius 2 is 1.08 bits per heavy atom. The van der Waals surface area contributed by atoms with Crippen LogP contribution in [0.1, 0.15) is 41.0 Å². The molecule has 3 aromatic rings. The molecule has 0 fully saturated rings. The molecule has 0 aliphatic rings. The lowest BCUT2D eigenvalue weighted by atomic mass is 9.76. The van der Waals surface area contributed by atoms with Crippen molar-refractivity contribution in [3.05, 3.63) is 76.9 Å². The third-order valence-electron chi connectivity index (χ3n) is 6.20. The number of methoxy groups -OCH3 is 5. The van der Waals surface area contributed by atoms with E-state index in [1.807, 2.05) is 55.5 Å². The fraction of sp³-hybridized carbons (Fsp3) is 0.345. The van der Waals surface area contributed by atoms with Crippen molar-refractivity contribution in [3.63, 3.8) is 0 Å². The Bertz CT molecular complexity index is 1190. The van der Waals surface area contributed by atoms with Crippen molar-refractivity contribution in [2.75, 3.05) is 42.2 Å². The highest BCUT2D eigenvalue weighted by Gasteiger charge is 2.35. The van der Waals surface area contributed by atoms with Gasteiger partial charge >= 0.3 is 5.97 Å². The molecule has 0 aromatic heterocycles. The van der Waals surface area contributed by atoms with Crippen LogP contribution in [0.25, 0.3) is 0 Å². The van der Waals surface area contributed by atoms with Crippen LogP contribution in [0.3, 0.4) is 0 Å². The fourth-order valence-electron chi connectivity index (χ4n) is 4.40. The van der Waals surface area contributed by atoms with Gasteiger partial charge in [-0.3, -0.25) is 4.79 Å². The quantitative estimate of drug-likeness (QED) is 0.325. The first-order chi connectivity index (χ1) is 17.4. The van der Waals surface area contributed by atoms with E-state index in [9.17, 15) is 4.79 Å². The molecule has 3 aromatic carbocycles. The van der Waals surface area contributed by atoms with Crippen molar-refractivity contribution in [1.82, 2.24) is 0 Å². The summed E-state index contributed by atoms with van der Waals surface area (Å²) >= 11 is 0. The summed E-state index contributed by atoms with van der Waals surface area (Å²) in [5, 5.41) is 0. The predicted octanol–water partition coefficient (Wildman–Crippen LogP) is 5.52. The predicted molar refractivity (Wildman–Crippen MR) is 138 cm³/mol. The van der Waals surface area contributed by atoms with Crippen molar-refractivity contribution < 1.29 is 33.2 Å². The van der Waals surface area contributed by atoms with Crippen LogP contribution < -0.4 is 23.7 Å². The van der Waals surface area contributed by atoms with Crippen LogP contribution in [-0.2, 0) is 9.53 Å². The van der Waals surface area contributed by atoms with Gasteiger partial charge in [0.2, 0.25) is 0 Å². The standard InChI is InChI=1S/C29H34O7/c1-8-36-29(30)28(21-12-14-23(32-4)26(17-21)35-7)27(19-10-9-18(2)24(15-19)33-5)20-11-13-22(31-3)25(16-20)34-6/h9-17,27-28H,8H2,1-7H3. The van der Waals surface area contributed by atoms with Gasteiger partial charge in [-0.2, -0.15) is 0 Å². The van der Waals surface area contributed by atoms with E-state index in [1.165, 1.54) is 0 Å². The summed E-state index contributed by atoms with van der Waals surface area (Å²) in [6.07, 6.45) is 0. The number of ether oxygens (including phenoxy) is 6. The number of aryl methyl sites for hydroxylation is 1. The summed E-state index contributed by atoms with van der Waals surface area (Å²) in [6.45, 7) is 4.02. The average Bonchev–Trinajstić information content (AvgIpc) is 2.91. The summed E-state index contributed by atoms with van der Waals surface area (Å²) < 4.78 is 33.2. The van der Waals surface area contributed by atoms with Gasteiger partial charge in [-0.15, -0.1) is 0 Å². The number of benzene rings is 3. The zero-order chi connectivity index (χ0) is 26.2. The molecule has 0 radical (unpaired) electrons. The molecule has 0 amide bonds. The Labute approximate surface area is 212 Å². The lowest BCUT2D eigenvalue weighted by Crippen LogP contribution is -2.24. The lowest BCUT2D eigenvalue weighted by Gasteiger charge is -2.28. The largest absolute Gasteiger partial charge is 0.496 e. The molecule has 7 heteroatoms. The second-order valence-corrected chi connectivity index (χ2v) is 8.17. The molecule has 0 aliphatic carbocycles. The maximum atomic E-state index is 13.6. The van der Waals surface area contributed by atoms with Crippen LogP contribution in [0.5, 0.6) is 28.7 Å². The average molecular weight is 495 g/mol. The molecule has 0 heterocycles. The maximum absolute atomic E-state index is 13.6. The summed E-state index contributed by atoms with van der Waals surface area (Å²) in [6, 6.07) is 17.1. The molecule has 0 saturated carbocycles. The summed E-state index contributed by atoms with van der Waals surface area (Å²) in [4.78, 5) is 13.6. The first-order valence-corrected chi connectivity index (χ1v) is 11.7. The molecule has 0 spiro atoms. The van der Waals surface area contributed by atoms with E-state index in [2.05, 4.69) is 0 Å². The highest BCUT2D eigenvalue weighted by atomic mass is 16.5. The van der Waals surface area contributed by atoms with Gasteiger partial charge in [0.05, 0.1) is 48.1 Å². The third-order valence-corrected chi connectivity index (χ3v) is 6.20. The Kier molecular flexibility index (Phi) is 9.06. The van der Waals surface area contributed by atoms with Crippen LogP contribution in [0, 0.1) is 6.92 Å². The van der Waals surface area contributed by atoms with Gasteiger partial charge in [0.15, 0.2) is 23.0 Å². The second kappa shape index (κ2) is 12.2. The lowest BCUT2D eigenvalue weighted by molar-refractivity contribution is -0.145. The monoisotopic (exact) mass is 494 g/mol. The van der Waals surface area contributed by atoms with Gasteiger partial charge in [-0.25, -0.2) is 0 Å². The minimum absolute atomic E-state index is 0.249. The number of carbonyl (C=O) groups is 1. The molecule has 3 rings (SSSR count). The molecule has 192 valence electrons. The van der Waals surface area contributed by atoms with Crippen molar-refractivity contribution in [2.24, 2.45) is 0 Å². The molecule has 0 bridgehead atoms. The van der Waals surface area contributed by atoms with Crippen molar-refractivity contribution in [3.8, 4) is 28.7 Å². The molecule has 2 atom stereocenters. The molecule has 36 heavy (non-hydrogen) atoms. The number of hydrogen-bond acceptors (Lipinski definition) is 7. The number of hydrogen-bond donors (Lipinski definition) is 0. The Morgan fingerprint density at radius 3 is 1.58 bits per heavy atom. The van der Waals surface area contributed by atoms with Crippen LogP contribution in [0.4, 0.5) is 0 Å². The van der Waals surface area contributed by atoms with E-state index >= 15 is 0 Å². The minimum Gasteiger partial charge on any atom is -0.496 e. The van der Waals surface area contributed by atoms with E-state index in [0.717, 1.165) is 28.0 Å². The van der Waals surface area contributed by atoms with Crippen molar-refractivity contribution in [1.29, 1.82) is 0 Å². The third kappa shape index (κ3) is 5.51. The molecule has 7 nitrogen and oxygen atoms in total. The molecule has 2 unspecified atom stereocenters. The molecular formula is C29H34O7. The van der Waals surface area contributed by atoms with Crippen LogP contribution in [-0.4, -0.2) is 48.1 Å². The molecular weight excluding hydrogens is 460 g/mol. The minimum atomic E-state index is -0.699. The van der Waals surface area contributed by atoms with E-state index in [4.69, 9.17) is 28.4 Å². The van der Waals surface area contributed by atoms with Gasteiger partial charge in [0.25, 0.3) is 0 Å². The molecule has 0 saturated heterocycles. The maximum Gasteiger partial charge on any atom is 0.314 e. The van der Waals surface area contributed by atoms with Gasteiger partial charge in [-0.1, -0.05) is 24.3 Å². The van der Waals surface area contributed by atoms with Crippen LogP contribution >= 0.6 is 0 Å². The number of carbonyl (C=O) groups excluding carboxylic acids is 1. The SMILES string of the molecule is CCOC(=O)C(c1ccc(OC)c(OC)c1)C(c1ccc(C)c(OC)c1)c1ccc(OC)c(OC)c1. The van der Waals surface area contributed by atoms with E-state index in [1.54, 1.807) is 48.5 Å². The van der Waals surface area contributed by atoms with Gasteiger partial charge in [0, 0.05) is 5.92 Å². The smallest absolute Gasteiger partial charge is 0.314 e.